The van der Waals surface area contributed by atoms with Gasteiger partial charge < -0.3 is 9.32 Å². The Kier molecular flexibility index (Phi) is 6.81. The topological polar surface area (TPSA) is 69.9 Å². The van der Waals surface area contributed by atoms with Crippen LogP contribution in [0.1, 0.15) is 58.8 Å². The molecule has 0 radical (unpaired) electrons. The van der Waals surface area contributed by atoms with Crippen LogP contribution in [0.25, 0.3) is 0 Å². The molecular formula is C29H32F2N4O3S. The molecule has 1 unspecified atom stereocenters. The van der Waals surface area contributed by atoms with E-state index >= 15 is 0 Å². The number of carbonyl (C=O) groups is 1. The highest BCUT2D eigenvalue weighted by Gasteiger charge is 2.47. The molecule has 1 aliphatic carbocycles. The first kappa shape index (κ1) is 26.2. The van der Waals surface area contributed by atoms with Crippen LogP contribution in [0.15, 0.2) is 64.1 Å². The molecule has 1 saturated heterocycles. The summed E-state index contributed by atoms with van der Waals surface area (Å²) in [5.74, 6) is -3.42. The number of carbonyl (C=O) groups excluding carboxylic acids is 1. The largest absolute Gasteiger partial charge is 0.447 e. The van der Waals surface area contributed by atoms with Crippen molar-refractivity contribution in [1.82, 2.24) is 19.1 Å². The van der Waals surface area contributed by atoms with E-state index in [1.165, 1.54) is 42.9 Å². The zero-order chi connectivity index (χ0) is 27.2. The zero-order valence-corrected chi connectivity index (χ0v) is 22.7. The van der Waals surface area contributed by atoms with Gasteiger partial charge in [-0.15, -0.1) is 0 Å². The second kappa shape index (κ2) is 10.1. The summed E-state index contributed by atoms with van der Waals surface area (Å²) in [4.78, 5) is 21.6. The summed E-state index contributed by atoms with van der Waals surface area (Å²) in [7, 11) is -1.61. The second-order valence-corrected chi connectivity index (χ2v) is 13.0. The molecule has 2 aromatic carbocycles. The first-order valence-corrected chi connectivity index (χ1v) is 14.9. The highest BCUT2D eigenvalue weighted by molar-refractivity contribution is 7.99. The molecule has 0 spiro atoms. The summed E-state index contributed by atoms with van der Waals surface area (Å²) in [6.45, 7) is 3.62. The molecule has 1 amide bonds. The molecule has 3 heterocycles. The summed E-state index contributed by atoms with van der Waals surface area (Å²) in [6.07, 6.45) is 5.31. The van der Waals surface area contributed by atoms with Crippen molar-refractivity contribution < 1.29 is 22.2 Å². The number of oxazole rings is 1. The van der Waals surface area contributed by atoms with Crippen LogP contribution in [0, 0.1) is 0 Å². The monoisotopic (exact) mass is 554 g/mol. The van der Waals surface area contributed by atoms with Gasteiger partial charge in [0.05, 0.1) is 26.5 Å². The molecule has 1 atom stereocenters. The minimum absolute atomic E-state index is 0.0279. The van der Waals surface area contributed by atoms with Crippen LogP contribution in [0.3, 0.4) is 0 Å². The molecule has 39 heavy (non-hydrogen) atoms. The van der Waals surface area contributed by atoms with Gasteiger partial charge in [-0.05, 0) is 56.0 Å². The molecule has 0 bridgehead atoms. The van der Waals surface area contributed by atoms with Crippen molar-refractivity contribution in [3.05, 3.63) is 83.1 Å². The van der Waals surface area contributed by atoms with Gasteiger partial charge in [-0.3, -0.25) is 9.69 Å². The molecule has 3 aromatic rings. The molecule has 3 aliphatic rings. The normalized spacial score (nSPS) is 22.2. The average molecular weight is 555 g/mol. The number of hydrogen-bond donors (Lipinski definition) is 0. The van der Waals surface area contributed by atoms with Crippen molar-refractivity contribution in [2.75, 3.05) is 20.1 Å². The van der Waals surface area contributed by atoms with Gasteiger partial charge in [-0.2, -0.15) is 8.78 Å². The average Bonchev–Trinajstić information content (AvgIpc) is 3.33. The highest BCUT2D eigenvalue weighted by Crippen LogP contribution is 2.43. The lowest BCUT2D eigenvalue weighted by Gasteiger charge is -2.24. The minimum atomic E-state index is -3.32. The quantitative estimate of drug-likeness (QED) is 0.360. The summed E-state index contributed by atoms with van der Waals surface area (Å²) in [5.41, 5.74) is 2.17. The maximum atomic E-state index is 14.8. The van der Waals surface area contributed by atoms with Crippen LogP contribution >= 0.6 is 0 Å². The smallest absolute Gasteiger partial charge is 0.301 e. The molecular weight excluding hydrogens is 522 g/mol. The number of fused-ring (bicyclic) bond motifs is 1. The molecule has 6 rings (SSSR count). The van der Waals surface area contributed by atoms with E-state index in [0.717, 1.165) is 38.0 Å². The van der Waals surface area contributed by atoms with E-state index in [2.05, 4.69) is 22.0 Å². The Bertz CT molecular complexity index is 1490. The molecule has 206 valence electrons. The van der Waals surface area contributed by atoms with Crippen LogP contribution in [0.4, 0.5) is 8.78 Å². The van der Waals surface area contributed by atoms with Crippen molar-refractivity contribution >= 4 is 21.0 Å². The second-order valence-electron chi connectivity index (χ2n) is 10.7. The van der Waals surface area contributed by atoms with E-state index in [9.17, 15) is 17.8 Å². The van der Waals surface area contributed by atoms with E-state index in [1.807, 2.05) is 12.1 Å². The minimum Gasteiger partial charge on any atom is -0.447 e. The fraction of sp³-hybridized carbons (Fsp3) is 0.414. The van der Waals surface area contributed by atoms with Crippen LogP contribution < -0.4 is 0 Å². The molecule has 0 N–H and O–H groups in total. The SMILES string of the molecule is CN(Cc1ccc(CN2CCCC2)cc1)C(=O)c1coc(CN(C2CC2)S2(=O)=CC(F)(F)c3ccccc32)n1. The van der Waals surface area contributed by atoms with E-state index in [1.54, 1.807) is 22.3 Å². The summed E-state index contributed by atoms with van der Waals surface area (Å²) >= 11 is 0. The van der Waals surface area contributed by atoms with Gasteiger partial charge in [0.2, 0.25) is 5.89 Å². The standard InChI is InChI=1S/C29H32F2N4O3S/c1-33(16-21-8-10-22(11-9-21)17-34-14-4-5-15-34)28(36)25-19-38-27(32-25)18-35(23-12-13-23)39(37)20-29(30,31)24-6-2-3-7-26(24)39/h2-3,6-11,19-20,23H,4-5,12-18H2,1H3. The lowest BCUT2D eigenvalue weighted by molar-refractivity contribution is 0.0778. The van der Waals surface area contributed by atoms with Crippen molar-refractivity contribution in [3.63, 3.8) is 0 Å². The van der Waals surface area contributed by atoms with Crippen LogP contribution in [-0.2, 0) is 35.3 Å². The number of hydrogen-bond acceptors (Lipinski definition) is 5. The van der Waals surface area contributed by atoms with E-state index in [4.69, 9.17) is 4.42 Å². The fourth-order valence-corrected chi connectivity index (χ4v) is 8.22. The van der Waals surface area contributed by atoms with Crippen molar-refractivity contribution in [2.24, 2.45) is 0 Å². The Balaban J connectivity index is 1.14. The summed E-state index contributed by atoms with van der Waals surface area (Å²) in [6, 6.07) is 14.2. The van der Waals surface area contributed by atoms with Crippen molar-refractivity contribution in [2.45, 2.75) is 62.2 Å². The number of amides is 1. The number of benzene rings is 2. The van der Waals surface area contributed by atoms with E-state index < -0.39 is 15.6 Å². The fourth-order valence-electron chi connectivity index (χ4n) is 5.43. The molecule has 7 nitrogen and oxygen atoms in total. The number of aromatic nitrogens is 1. The summed E-state index contributed by atoms with van der Waals surface area (Å²) in [5, 5.41) is 0.669. The van der Waals surface area contributed by atoms with Gasteiger partial charge in [0.15, 0.2) is 5.69 Å². The first-order chi connectivity index (χ1) is 18.7. The van der Waals surface area contributed by atoms with Gasteiger partial charge in [0.25, 0.3) is 5.91 Å². The number of nitrogens with zero attached hydrogens (tertiary/aromatic N) is 4. The third-order valence-corrected chi connectivity index (χ3v) is 10.4. The van der Waals surface area contributed by atoms with Gasteiger partial charge in [-0.25, -0.2) is 13.5 Å². The molecule has 1 aromatic heterocycles. The Morgan fingerprint density at radius 1 is 1.08 bits per heavy atom. The van der Waals surface area contributed by atoms with Crippen LogP contribution in [0.2, 0.25) is 0 Å². The van der Waals surface area contributed by atoms with Gasteiger partial charge in [-0.1, -0.05) is 42.5 Å². The Labute approximate surface area is 227 Å². The van der Waals surface area contributed by atoms with Gasteiger partial charge in [0, 0.05) is 31.7 Å². The number of halogens is 2. The van der Waals surface area contributed by atoms with Crippen LogP contribution in [0.5, 0.6) is 0 Å². The number of alkyl halides is 2. The van der Waals surface area contributed by atoms with Gasteiger partial charge in [0.1, 0.15) is 6.26 Å². The zero-order valence-electron chi connectivity index (χ0n) is 21.9. The maximum Gasteiger partial charge on any atom is 0.301 e. The van der Waals surface area contributed by atoms with Crippen molar-refractivity contribution in [3.8, 4) is 0 Å². The third-order valence-electron chi connectivity index (χ3n) is 7.63. The van der Waals surface area contributed by atoms with Crippen LogP contribution in [-0.4, -0.2) is 60.8 Å². The third kappa shape index (κ3) is 5.25. The van der Waals surface area contributed by atoms with E-state index in [-0.39, 0.29) is 40.5 Å². The van der Waals surface area contributed by atoms with E-state index in [0.29, 0.717) is 11.9 Å². The molecule has 10 heteroatoms. The first-order valence-electron chi connectivity index (χ1n) is 13.4. The highest BCUT2D eigenvalue weighted by atomic mass is 32.2. The maximum absolute atomic E-state index is 14.8. The molecule has 1 saturated carbocycles. The van der Waals surface area contributed by atoms with Crippen molar-refractivity contribution in [1.29, 1.82) is 0 Å². The Hall–Kier alpha value is -3.08. The number of likely N-dealkylation sites (tertiary alicyclic amines) is 1. The molecule has 2 fully saturated rings. The predicted molar refractivity (Wildman–Crippen MR) is 145 cm³/mol. The molecule has 2 aliphatic heterocycles. The predicted octanol–water partition coefficient (Wildman–Crippen LogP) is 4.67. The number of rotatable bonds is 9. The Morgan fingerprint density at radius 2 is 1.77 bits per heavy atom. The lowest BCUT2D eigenvalue weighted by atomic mass is 10.1. The Morgan fingerprint density at radius 3 is 2.49 bits per heavy atom. The summed E-state index contributed by atoms with van der Waals surface area (Å²) < 4.78 is 50.7. The lowest BCUT2D eigenvalue weighted by Crippen LogP contribution is -2.33. The van der Waals surface area contributed by atoms with Gasteiger partial charge >= 0.3 is 5.92 Å².